The lowest BCUT2D eigenvalue weighted by atomic mass is 10.1. The van der Waals surface area contributed by atoms with Crippen LogP contribution in [0.15, 0.2) is 35.5 Å². The van der Waals surface area contributed by atoms with Gasteiger partial charge in [-0.05, 0) is 18.6 Å². The van der Waals surface area contributed by atoms with E-state index in [1.54, 1.807) is 0 Å². The van der Waals surface area contributed by atoms with E-state index in [0.717, 1.165) is 6.07 Å². The van der Waals surface area contributed by atoms with E-state index in [1.165, 1.54) is 19.1 Å². The van der Waals surface area contributed by atoms with Crippen LogP contribution >= 0.6 is 0 Å². The first-order valence-corrected chi connectivity index (χ1v) is 8.51. The fourth-order valence-electron chi connectivity index (χ4n) is 2.04. The van der Waals surface area contributed by atoms with Crippen LogP contribution in [0.3, 0.4) is 0 Å². The fraction of sp³-hybridized carbons (Fsp3) is 0.143. The summed E-state index contributed by atoms with van der Waals surface area (Å²) in [6.07, 6.45) is -3.52. The maximum absolute atomic E-state index is 13.8. The first kappa shape index (κ1) is 18.8. The van der Waals surface area contributed by atoms with Gasteiger partial charge in [-0.3, -0.25) is 4.55 Å². The Balaban J connectivity index is 2.19. The molecule has 0 aliphatic heterocycles. The van der Waals surface area contributed by atoms with Gasteiger partial charge in [0.15, 0.2) is 5.82 Å². The highest BCUT2D eigenvalue weighted by molar-refractivity contribution is 7.85. The Kier molecular flexibility index (Phi) is 4.43. The molecule has 0 saturated heterocycles. The van der Waals surface area contributed by atoms with Crippen LogP contribution in [0.25, 0.3) is 17.3 Å². The Morgan fingerprint density at radius 2 is 1.78 bits per heavy atom. The highest BCUT2D eigenvalue weighted by Gasteiger charge is 2.38. The van der Waals surface area contributed by atoms with Gasteiger partial charge in [0.05, 0.1) is 12.4 Å². The first-order chi connectivity index (χ1) is 12.5. The summed E-state index contributed by atoms with van der Waals surface area (Å²) < 4.78 is 84.4. The Morgan fingerprint density at radius 3 is 2.30 bits per heavy atom. The molecular formula is C14H9F4N5O3S. The van der Waals surface area contributed by atoms with Crippen LogP contribution < -0.4 is 0 Å². The molecule has 3 rings (SSSR count). The molecule has 0 fully saturated rings. The van der Waals surface area contributed by atoms with Gasteiger partial charge >= 0.3 is 6.18 Å². The SMILES string of the molecule is Cc1ccc(-c2nc(C(F)(F)F)nn2-c2ncc(S(=O)(=O)O)cn2)cc1F. The summed E-state index contributed by atoms with van der Waals surface area (Å²) in [6, 6.07) is 3.66. The zero-order valence-corrected chi connectivity index (χ0v) is 14.1. The molecule has 1 aromatic carbocycles. The second-order valence-corrected chi connectivity index (χ2v) is 6.75. The zero-order valence-electron chi connectivity index (χ0n) is 13.3. The fourth-order valence-corrected chi connectivity index (χ4v) is 2.41. The van der Waals surface area contributed by atoms with E-state index in [4.69, 9.17) is 4.55 Å². The number of hydrogen-bond donors (Lipinski definition) is 1. The molecular weight excluding hydrogens is 394 g/mol. The minimum Gasteiger partial charge on any atom is -0.282 e. The van der Waals surface area contributed by atoms with Crippen molar-refractivity contribution in [3.8, 4) is 17.3 Å². The number of aromatic nitrogens is 5. The number of nitrogens with zero attached hydrogens (tertiary/aromatic N) is 5. The average Bonchev–Trinajstić information content (AvgIpc) is 3.02. The van der Waals surface area contributed by atoms with Crippen LogP contribution in [-0.4, -0.2) is 37.7 Å². The quantitative estimate of drug-likeness (QED) is 0.528. The average molecular weight is 403 g/mol. The van der Waals surface area contributed by atoms with E-state index in [-0.39, 0.29) is 11.1 Å². The summed E-state index contributed by atoms with van der Waals surface area (Å²) in [7, 11) is -4.59. The summed E-state index contributed by atoms with van der Waals surface area (Å²) in [5.74, 6) is -3.04. The van der Waals surface area contributed by atoms with Crippen molar-refractivity contribution in [1.82, 2.24) is 24.7 Å². The molecule has 27 heavy (non-hydrogen) atoms. The predicted molar refractivity (Wildman–Crippen MR) is 81.9 cm³/mol. The van der Waals surface area contributed by atoms with E-state index in [0.29, 0.717) is 17.1 Å². The second-order valence-electron chi connectivity index (χ2n) is 5.33. The zero-order chi connectivity index (χ0) is 20.0. The molecule has 0 atom stereocenters. The van der Waals surface area contributed by atoms with Gasteiger partial charge in [-0.1, -0.05) is 12.1 Å². The van der Waals surface area contributed by atoms with Crippen molar-refractivity contribution >= 4 is 10.1 Å². The molecule has 2 heterocycles. The number of benzene rings is 1. The van der Waals surface area contributed by atoms with Crippen molar-refractivity contribution in [2.45, 2.75) is 18.0 Å². The molecule has 0 amide bonds. The van der Waals surface area contributed by atoms with Crippen LogP contribution in [0.4, 0.5) is 17.6 Å². The Morgan fingerprint density at radius 1 is 1.15 bits per heavy atom. The maximum atomic E-state index is 13.8. The second kappa shape index (κ2) is 6.35. The van der Waals surface area contributed by atoms with Crippen molar-refractivity contribution < 1.29 is 30.5 Å². The minimum absolute atomic E-state index is 0.0245. The van der Waals surface area contributed by atoms with Crippen molar-refractivity contribution in [3.05, 3.63) is 47.8 Å². The Bertz CT molecular complexity index is 1110. The van der Waals surface area contributed by atoms with Gasteiger partial charge < -0.3 is 0 Å². The lowest BCUT2D eigenvalue weighted by Gasteiger charge is -2.05. The smallest absolute Gasteiger partial charge is 0.282 e. The molecule has 0 radical (unpaired) electrons. The number of alkyl halides is 3. The van der Waals surface area contributed by atoms with Crippen molar-refractivity contribution in [1.29, 1.82) is 0 Å². The van der Waals surface area contributed by atoms with Gasteiger partial charge in [-0.25, -0.2) is 19.3 Å². The van der Waals surface area contributed by atoms with Crippen LogP contribution in [0, 0.1) is 12.7 Å². The third-order valence-electron chi connectivity index (χ3n) is 3.39. The first-order valence-electron chi connectivity index (χ1n) is 7.07. The normalized spacial score (nSPS) is 12.4. The van der Waals surface area contributed by atoms with E-state index in [9.17, 15) is 26.0 Å². The Hall–Kier alpha value is -2.93. The van der Waals surface area contributed by atoms with Gasteiger partial charge in [-0.15, -0.1) is 5.10 Å². The maximum Gasteiger partial charge on any atom is 0.453 e. The van der Waals surface area contributed by atoms with Gasteiger partial charge in [0, 0.05) is 5.56 Å². The Labute approximate surface area is 149 Å². The topological polar surface area (TPSA) is 111 Å². The predicted octanol–water partition coefficient (Wildman–Crippen LogP) is 2.44. The number of aryl methyl sites for hydroxylation is 1. The number of hydrogen-bond acceptors (Lipinski definition) is 6. The molecule has 0 spiro atoms. The highest BCUT2D eigenvalue weighted by Crippen LogP contribution is 2.30. The van der Waals surface area contributed by atoms with Gasteiger partial charge in [0.2, 0.25) is 0 Å². The molecule has 0 unspecified atom stereocenters. The lowest BCUT2D eigenvalue weighted by molar-refractivity contribution is -0.144. The van der Waals surface area contributed by atoms with Crippen LogP contribution in [0.2, 0.25) is 0 Å². The van der Waals surface area contributed by atoms with Crippen molar-refractivity contribution in [3.63, 3.8) is 0 Å². The molecule has 0 aliphatic rings. The summed E-state index contributed by atoms with van der Waals surface area (Å²) in [4.78, 5) is 9.89. The summed E-state index contributed by atoms with van der Waals surface area (Å²) in [6.45, 7) is 1.47. The van der Waals surface area contributed by atoms with Crippen molar-refractivity contribution in [2.24, 2.45) is 0 Å². The molecule has 13 heteroatoms. The molecule has 8 nitrogen and oxygen atoms in total. The van der Waals surface area contributed by atoms with Crippen LogP contribution in [0.1, 0.15) is 11.4 Å². The number of halogens is 4. The molecule has 0 bridgehead atoms. The summed E-state index contributed by atoms with van der Waals surface area (Å²) in [5, 5.41) is 3.29. The summed E-state index contributed by atoms with van der Waals surface area (Å²) >= 11 is 0. The monoisotopic (exact) mass is 403 g/mol. The molecule has 0 aliphatic carbocycles. The molecule has 2 aromatic heterocycles. The molecule has 1 N–H and O–H groups in total. The van der Waals surface area contributed by atoms with E-state index in [1.807, 2.05) is 0 Å². The van der Waals surface area contributed by atoms with Gasteiger partial charge in [0.1, 0.15) is 10.7 Å². The molecule has 3 aromatic rings. The van der Waals surface area contributed by atoms with Crippen molar-refractivity contribution in [2.75, 3.05) is 0 Å². The van der Waals surface area contributed by atoms with Crippen LogP contribution in [0.5, 0.6) is 0 Å². The third kappa shape index (κ3) is 3.78. The van der Waals surface area contributed by atoms with E-state index < -0.39 is 44.6 Å². The molecule has 142 valence electrons. The van der Waals surface area contributed by atoms with Gasteiger partial charge in [-0.2, -0.15) is 26.3 Å². The lowest BCUT2D eigenvalue weighted by Crippen LogP contribution is -2.10. The van der Waals surface area contributed by atoms with E-state index in [2.05, 4.69) is 20.1 Å². The third-order valence-corrected chi connectivity index (χ3v) is 4.20. The minimum atomic E-state index is -4.89. The largest absolute Gasteiger partial charge is 0.453 e. The van der Waals surface area contributed by atoms with E-state index >= 15 is 0 Å². The highest BCUT2D eigenvalue weighted by atomic mass is 32.2. The number of rotatable bonds is 3. The van der Waals surface area contributed by atoms with Crippen LogP contribution in [-0.2, 0) is 16.3 Å². The molecule has 0 saturated carbocycles. The summed E-state index contributed by atoms with van der Waals surface area (Å²) in [5.41, 5.74) is 0.248. The standard InChI is InChI=1S/C14H9F4N5O3S/c1-7-2-3-8(4-10(7)15)11-21-12(14(16,17)18)22-23(11)13-19-5-9(6-20-13)27(24,25)26/h2-6H,1H3,(H,24,25,26). The van der Waals surface area contributed by atoms with Gasteiger partial charge in [0.25, 0.3) is 21.9 Å².